The van der Waals surface area contributed by atoms with Crippen LogP contribution in [0.4, 0.5) is 5.82 Å². The summed E-state index contributed by atoms with van der Waals surface area (Å²) in [4.78, 5) is 8.06. The maximum Gasteiger partial charge on any atom is 0.130 e. The van der Waals surface area contributed by atoms with Gasteiger partial charge in [-0.2, -0.15) is 0 Å². The second kappa shape index (κ2) is 6.02. The number of anilines is 1. The van der Waals surface area contributed by atoms with Gasteiger partial charge in [0.1, 0.15) is 22.5 Å². The maximum atomic E-state index is 6.14. The van der Waals surface area contributed by atoms with E-state index in [-0.39, 0.29) is 0 Å². The minimum Gasteiger partial charge on any atom is -0.496 e. The molecule has 1 aromatic carbocycles. The highest BCUT2D eigenvalue weighted by atomic mass is 79.9. The Morgan fingerprint density at radius 3 is 2.94 bits per heavy atom. The highest BCUT2D eigenvalue weighted by Gasteiger charge is 2.07. The lowest BCUT2D eigenvalue weighted by Crippen LogP contribution is -2.04. The molecule has 0 radical (unpaired) electrons. The van der Waals surface area contributed by atoms with Crippen LogP contribution in [0, 0.1) is 0 Å². The van der Waals surface area contributed by atoms with Crippen LogP contribution in [0.3, 0.4) is 0 Å². The second-order valence-electron chi connectivity index (χ2n) is 3.50. The molecule has 0 bridgehead atoms. The fraction of sp³-hybridized carbons (Fsp3) is 0.167. The minimum atomic E-state index is 0.534. The van der Waals surface area contributed by atoms with Gasteiger partial charge >= 0.3 is 0 Å². The molecule has 0 spiro atoms. The van der Waals surface area contributed by atoms with E-state index in [9.17, 15) is 0 Å². The van der Waals surface area contributed by atoms with Crippen LogP contribution in [-0.2, 0) is 6.54 Å². The lowest BCUT2D eigenvalue weighted by molar-refractivity contribution is 0.410. The van der Waals surface area contributed by atoms with Crippen molar-refractivity contribution in [2.75, 3.05) is 12.4 Å². The molecule has 0 saturated heterocycles. The van der Waals surface area contributed by atoms with E-state index in [2.05, 4.69) is 31.2 Å². The average Bonchev–Trinajstić information content (AvgIpc) is 2.37. The third-order valence-electron chi connectivity index (χ3n) is 2.38. The summed E-state index contributed by atoms with van der Waals surface area (Å²) in [6.07, 6.45) is 1.48. The number of benzene rings is 1. The van der Waals surface area contributed by atoms with Gasteiger partial charge in [-0.3, -0.25) is 0 Å². The summed E-state index contributed by atoms with van der Waals surface area (Å²) >= 11 is 9.43. The van der Waals surface area contributed by atoms with Crippen LogP contribution < -0.4 is 10.1 Å². The molecule has 0 saturated carbocycles. The lowest BCUT2D eigenvalue weighted by atomic mass is 10.2. The van der Waals surface area contributed by atoms with Crippen molar-refractivity contribution >= 4 is 33.3 Å². The Kier molecular flexibility index (Phi) is 4.38. The number of methoxy groups -OCH3 is 1. The highest BCUT2D eigenvalue weighted by molar-refractivity contribution is 9.10. The molecule has 6 heteroatoms. The normalized spacial score (nSPS) is 10.2. The molecule has 0 fully saturated rings. The fourth-order valence-corrected chi connectivity index (χ4v) is 2.05. The first-order chi connectivity index (χ1) is 8.70. The van der Waals surface area contributed by atoms with Crippen molar-refractivity contribution in [3.8, 4) is 5.75 Å². The summed E-state index contributed by atoms with van der Waals surface area (Å²) < 4.78 is 6.00. The van der Waals surface area contributed by atoms with Gasteiger partial charge in [0.15, 0.2) is 0 Å². The molecule has 0 amide bonds. The van der Waals surface area contributed by atoms with E-state index in [4.69, 9.17) is 16.3 Å². The molecule has 0 aliphatic carbocycles. The van der Waals surface area contributed by atoms with E-state index >= 15 is 0 Å². The molecule has 1 aromatic heterocycles. The van der Waals surface area contributed by atoms with Gasteiger partial charge < -0.3 is 10.1 Å². The molecule has 1 N–H and O–H groups in total. The zero-order valence-corrected chi connectivity index (χ0v) is 12.0. The summed E-state index contributed by atoms with van der Waals surface area (Å²) in [5.74, 6) is 1.47. The Labute approximate surface area is 118 Å². The fourth-order valence-electron chi connectivity index (χ4n) is 1.51. The first-order valence-electron chi connectivity index (χ1n) is 5.23. The van der Waals surface area contributed by atoms with Crippen molar-refractivity contribution < 1.29 is 4.74 Å². The molecule has 0 aliphatic rings. The van der Waals surface area contributed by atoms with Gasteiger partial charge in [-0.15, -0.1) is 0 Å². The lowest BCUT2D eigenvalue weighted by Gasteiger charge is -2.11. The number of nitrogens with zero attached hydrogens (tertiary/aromatic N) is 2. The molecule has 1 heterocycles. The standard InChI is InChI=1S/C12H11BrClN3O/c1-18-10-4-2-3-9(14)8(10)6-15-12-5-11(13)16-7-17-12/h2-5,7H,6H2,1H3,(H,15,16,17). The third kappa shape index (κ3) is 3.11. The summed E-state index contributed by atoms with van der Waals surface area (Å²) in [6, 6.07) is 7.35. The zero-order chi connectivity index (χ0) is 13.0. The molecule has 94 valence electrons. The van der Waals surface area contributed by atoms with E-state index in [1.54, 1.807) is 13.2 Å². The van der Waals surface area contributed by atoms with Gasteiger partial charge in [0, 0.05) is 23.2 Å². The number of nitrogens with one attached hydrogen (secondary N) is 1. The summed E-state index contributed by atoms with van der Waals surface area (Å²) in [5, 5.41) is 3.83. The smallest absolute Gasteiger partial charge is 0.130 e. The maximum absolute atomic E-state index is 6.14. The van der Waals surface area contributed by atoms with E-state index in [0.717, 1.165) is 21.7 Å². The molecular formula is C12H11BrClN3O. The molecule has 0 unspecified atom stereocenters. The molecule has 4 nitrogen and oxygen atoms in total. The molecule has 2 rings (SSSR count). The first-order valence-corrected chi connectivity index (χ1v) is 6.40. The van der Waals surface area contributed by atoms with Gasteiger partial charge in [-0.05, 0) is 28.1 Å². The van der Waals surface area contributed by atoms with Crippen molar-refractivity contribution in [2.45, 2.75) is 6.54 Å². The van der Waals surface area contributed by atoms with Crippen molar-refractivity contribution in [1.29, 1.82) is 0 Å². The van der Waals surface area contributed by atoms with Crippen LogP contribution >= 0.6 is 27.5 Å². The predicted octanol–water partition coefficient (Wildman–Crippen LogP) is 3.51. The largest absolute Gasteiger partial charge is 0.496 e. The van der Waals surface area contributed by atoms with Crippen LogP contribution in [0.1, 0.15) is 5.56 Å². The third-order valence-corrected chi connectivity index (χ3v) is 3.16. The van der Waals surface area contributed by atoms with Gasteiger partial charge in [0.05, 0.1) is 7.11 Å². The molecular weight excluding hydrogens is 318 g/mol. The number of ether oxygens (including phenoxy) is 1. The molecule has 2 aromatic rings. The Morgan fingerprint density at radius 2 is 2.22 bits per heavy atom. The molecule has 0 aliphatic heterocycles. The van der Waals surface area contributed by atoms with Crippen LogP contribution in [0.2, 0.25) is 5.02 Å². The number of hydrogen-bond donors (Lipinski definition) is 1. The van der Waals surface area contributed by atoms with E-state index in [1.807, 2.05) is 18.2 Å². The van der Waals surface area contributed by atoms with Crippen molar-refractivity contribution in [1.82, 2.24) is 9.97 Å². The van der Waals surface area contributed by atoms with Crippen LogP contribution in [0.15, 0.2) is 35.2 Å². The number of aromatic nitrogens is 2. The Hall–Kier alpha value is -1.33. The van der Waals surface area contributed by atoms with E-state index in [0.29, 0.717) is 11.6 Å². The van der Waals surface area contributed by atoms with Crippen molar-refractivity contribution in [2.24, 2.45) is 0 Å². The van der Waals surface area contributed by atoms with Gasteiger partial charge in [0.25, 0.3) is 0 Å². The first kappa shape index (κ1) is 13.1. The monoisotopic (exact) mass is 327 g/mol. The number of halogens is 2. The van der Waals surface area contributed by atoms with E-state index in [1.165, 1.54) is 6.33 Å². The summed E-state index contributed by atoms with van der Waals surface area (Å²) in [7, 11) is 1.62. The predicted molar refractivity (Wildman–Crippen MR) is 75.1 cm³/mol. The van der Waals surface area contributed by atoms with Gasteiger partial charge in [-0.1, -0.05) is 17.7 Å². The average molecular weight is 329 g/mol. The highest BCUT2D eigenvalue weighted by Crippen LogP contribution is 2.26. The summed E-state index contributed by atoms with van der Waals surface area (Å²) in [5.41, 5.74) is 0.899. The number of hydrogen-bond acceptors (Lipinski definition) is 4. The number of rotatable bonds is 4. The van der Waals surface area contributed by atoms with Crippen molar-refractivity contribution in [3.05, 3.63) is 45.8 Å². The van der Waals surface area contributed by atoms with Gasteiger partial charge in [0.2, 0.25) is 0 Å². The van der Waals surface area contributed by atoms with Crippen LogP contribution in [0.5, 0.6) is 5.75 Å². The SMILES string of the molecule is COc1cccc(Cl)c1CNc1cc(Br)ncn1. The van der Waals surface area contributed by atoms with Crippen LogP contribution in [0.25, 0.3) is 0 Å². The van der Waals surface area contributed by atoms with Gasteiger partial charge in [-0.25, -0.2) is 9.97 Å². The molecule has 0 atom stereocenters. The topological polar surface area (TPSA) is 47.0 Å². The zero-order valence-electron chi connectivity index (χ0n) is 9.65. The minimum absolute atomic E-state index is 0.534. The second-order valence-corrected chi connectivity index (χ2v) is 4.72. The van der Waals surface area contributed by atoms with Crippen molar-refractivity contribution in [3.63, 3.8) is 0 Å². The summed E-state index contributed by atoms with van der Waals surface area (Å²) in [6.45, 7) is 0.534. The quantitative estimate of drug-likeness (QED) is 0.873. The Balaban J connectivity index is 2.15. The van der Waals surface area contributed by atoms with E-state index < -0.39 is 0 Å². The van der Waals surface area contributed by atoms with Crippen LogP contribution in [-0.4, -0.2) is 17.1 Å². The Morgan fingerprint density at radius 1 is 1.39 bits per heavy atom. The Bertz CT molecular complexity index is 551. The molecule has 18 heavy (non-hydrogen) atoms.